The minimum atomic E-state index is -0.283. The number of benzene rings is 2. The molecule has 2 amide bonds. The quantitative estimate of drug-likeness (QED) is 0.607. The number of piperazine rings is 1. The Bertz CT molecular complexity index is 1040. The van der Waals surface area contributed by atoms with E-state index in [0.29, 0.717) is 23.6 Å². The molecule has 1 saturated heterocycles. The van der Waals surface area contributed by atoms with Gasteiger partial charge in [-0.25, -0.2) is 4.90 Å². The summed E-state index contributed by atoms with van der Waals surface area (Å²) >= 11 is 0. The van der Waals surface area contributed by atoms with Crippen molar-refractivity contribution in [3.05, 3.63) is 59.8 Å². The monoisotopic (exact) mass is 448 g/mol. The third-order valence-corrected chi connectivity index (χ3v) is 6.27. The largest absolute Gasteiger partial charge is 0.494 e. The zero-order valence-electron chi connectivity index (χ0n) is 19.9. The van der Waals surface area contributed by atoms with Crippen LogP contribution < -0.4 is 14.5 Å². The van der Waals surface area contributed by atoms with Crippen LogP contribution in [0.2, 0.25) is 0 Å². The number of rotatable bonds is 7. The Balaban J connectivity index is 1.72. The van der Waals surface area contributed by atoms with Gasteiger partial charge in [0.1, 0.15) is 11.4 Å². The molecule has 2 aromatic carbocycles. The van der Waals surface area contributed by atoms with Crippen molar-refractivity contribution in [2.75, 3.05) is 63.2 Å². The molecule has 174 valence electrons. The van der Waals surface area contributed by atoms with Gasteiger partial charge in [-0.05, 0) is 55.4 Å². The first kappa shape index (κ1) is 22.9. The lowest BCUT2D eigenvalue weighted by Gasteiger charge is -2.36. The highest BCUT2D eigenvalue weighted by molar-refractivity contribution is 6.45. The van der Waals surface area contributed by atoms with Crippen LogP contribution in [0, 0.1) is 0 Å². The zero-order chi connectivity index (χ0) is 23.5. The van der Waals surface area contributed by atoms with Crippen molar-refractivity contribution in [3.63, 3.8) is 0 Å². The Hall–Kier alpha value is -3.32. The van der Waals surface area contributed by atoms with Crippen LogP contribution in [0.4, 0.5) is 11.4 Å². The van der Waals surface area contributed by atoms with Gasteiger partial charge < -0.3 is 19.4 Å². The van der Waals surface area contributed by atoms with E-state index in [1.165, 1.54) is 4.90 Å². The molecule has 0 bridgehead atoms. The van der Waals surface area contributed by atoms with Gasteiger partial charge in [0, 0.05) is 46.0 Å². The van der Waals surface area contributed by atoms with E-state index >= 15 is 0 Å². The third kappa shape index (κ3) is 4.46. The second-order valence-corrected chi connectivity index (χ2v) is 8.46. The molecule has 0 radical (unpaired) electrons. The second kappa shape index (κ2) is 9.67. The summed E-state index contributed by atoms with van der Waals surface area (Å²) in [5, 5.41) is 0. The molecule has 2 aliphatic heterocycles. The van der Waals surface area contributed by atoms with E-state index in [4.69, 9.17) is 4.74 Å². The molecule has 0 spiro atoms. The van der Waals surface area contributed by atoms with Gasteiger partial charge >= 0.3 is 0 Å². The normalized spacial score (nSPS) is 17.2. The number of likely N-dealkylation sites (N-methyl/N-ethyl adjacent to an activating group) is 1. The molecule has 0 unspecified atom stereocenters. The van der Waals surface area contributed by atoms with Crippen LogP contribution >= 0.6 is 0 Å². The van der Waals surface area contributed by atoms with Gasteiger partial charge in [0.25, 0.3) is 11.8 Å². The molecule has 4 rings (SSSR count). The van der Waals surface area contributed by atoms with Crippen LogP contribution in [0.25, 0.3) is 5.57 Å². The number of nitrogens with zero attached hydrogens (tertiary/aromatic N) is 4. The first-order chi connectivity index (χ1) is 15.9. The molecule has 0 N–H and O–H groups in total. The van der Waals surface area contributed by atoms with Crippen molar-refractivity contribution in [2.45, 2.75) is 13.8 Å². The van der Waals surface area contributed by atoms with Crippen LogP contribution in [0.3, 0.4) is 0 Å². The van der Waals surface area contributed by atoms with Gasteiger partial charge in [-0.2, -0.15) is 0 Å². The number of anilines is 2. The molecule has 0 saturated carbocycles. The van der Waals surface area contributed by atoms with E-state index in [-0.39, 0.29) is 11.8 Å². The standard InChI is InChI=1S/C26H32N4O3/c1-5-28-15-17-29(18-16-28)24-23(19-7-13-22(14-8-19)33-6-2)25(31)30(26(24)32)21-11-9-20(10-12-21)27(3)4/h7-14H,5-6,15-18H2,1-4H3. The molecule has 0 aromatic heterocycles. The van der Waals surface area contributed by atoms with E-state index in [9.17, 15) is 9.59 Å². The van der Waals surface area contributed by atoms with Crippen LogP contribution in [-0.4, -0.2) is 75.0 Å². The highest BCUT2D eigenvalue weighted by atomic mass is 16.5. The molecule has 0 atom stereocenters. The topological polar surface area (TPSA) is 56.3 Å². The maximum absolute atomic E-state index is 13.7. The Morgan fingerprint density at radius 2 is 1.48 bits per heavy atom. The van der Waals surface area contributed by atoms with Gasteiger partial charge in [0.2, 0.25) is 0 Å². The summed E-state index contributed by atoms with van der Waals surface area (Å²) in [7, 11) is 3.92. The number of amides is 2. The molecule has 0 aliphatic carbocycles. The van der Waals surface area contributed by atoms with Crippen LogP contribution in [0.1, 0.15) is 19.4 Å². The van der Waals surface area contributed by atoms with E-state index in [2.05, 4.69) is 16.7 Å². The predicted octanol–water partition coefficient (Wildman–Crippen LogP) is 3.07. The predicted molar refractivity (Wildman–Crippen MR) is 131 cm³/mol. The van der Waals surface area contributed by atoms with E-state index in [1.54, 1.807) is 0 Å². The number of carbonyl (C=O) groups excluding carboxylic acids is 2. The molecule has 33 heavy (non-hydrogen) atoms. The molecule has 7 heteroatoms. The number of hydrogen-bond acceptors (Lipinski definition) is 6. The van der Waals surface area contributed by atoms with Crippen molar-refractivity contribution in [3.8, 4) is 5.75 Å². The van der Waals surface area contributed by atoms with Gasteiger partial charge in [0.15, 0.2) is 0 Å². The molecule has 2 aromatic rings. The Morgan fingerprint density at radius 3 is 2.03 bits per heavy atom. The van der Waals surface area contributed by atoms with Crippen molar-refractivity contribution >= 4 is 28.8 Å². The zero-order valence-corrected chi connectivity index (χ0v) is 19.9. The maximum Gasteiger partial charge on any atom is 0.282 e. The van der Waals surface area contributed by atoms with Crippen molar-refractivity contribution < 1.29 is 14.3 Å². The number of ether oxygens (including phenoxy) is 1. The maximum atomic E-state index is 13.7. The minimum absolute atomic E-state index is 0.258. The van der Waals surface area contributed by atoms with Crippen molar-refractivity contribution in [2.24, 2.45) is 0 Å². The lowest BCUT2D eigenvalue weighted by Crippen LogP contribution is -2.47. The lowest BCUT2D eigenvalue weighted by atomic mass is 10.0. The molecular formula is C26H32N4O3. The SMILES string of the molecule is CCOc1ccc(C2=C(N3CCN(CC)CC3)C(=O)N(c3ccc(N(C)C)cc3)C2=O)cc1. The molecule has 2 aliphatic rings. The fourth-order valence-electron chi connectivity index (χ4n) is 4.38. The Morgan fingerprint density at radius 1 is 0.848 bits per heavy atom. The van der Waals surface area contributed by atoms with E-state index < -0.39 is 0 Å². The van der Waals surface area contributed by atoms with Crippen molar-refractivity contribution in [1.82, 2.24) is 9.80 Å². The molecule has 2 heterocycles. The number of imide groups is 1. The van der Waals surface area contributed by atoms with Crippen LogP contribution in [0.5, 0.6) is 5.75 Å². The van der Waals surface area contributed by atoms with Crippen molar-refractivity contribution in [1.29, 1.82) is 0 Å². The first-order valence-corrected chi connectivity index (χ1v) is 11.6. The van der Waals surface area contributed by atoms with Gasteiger partial charge in [-0.15, -0.1) is 0 Å². The molecule has 7 nitrogen and oxygen atoms in total. The summed E-state index contributed by atoms with van der Waals surface area (Å²) in [4.78, 5) is 35.1. The summed E-state index contributed by atoms with van der Waals surface area (Å²) in [6.45, 7) is 8.81. The average Bonchev–Trinajstić information content (AvgIpc) is 3.09. The number of hydrogen-bond donors (Lipinski definition) is 0. The Kier molecular flexibility index (Phi) is 6.70. The van der Waals surface area contributed by atoms with Gasteiger partial charge in [-0.3, -0.25) is 9.59 Å². The minimum Gasteiger partial charge on any atom is -0.494 e. The van der Waals surface area contributed by atoms with Gasteiger partial charge in [-0.1, -0.05) is 19.1 Å². The fourth-order valence-corrected chi connectivity index (χ4v) is 4.38. The van der Waals surface area contributed by atoms with E-state index in [1.807, 2.05) is 74.4 Å². The summed E-state index contributed by atoms with van der Waals surface area (Å²) in [6.07, 6.45) is 0. The van der Waals surface area contributed by atoms with Crippen LogP contribution in [-0.2, 0) is 9.59 Å². The fraction of sp³-hybridized carbons (Fsp3) is 0.385. The summed E-state index contributed by atoms with van der Waals surface area (Å²) in [6, 6.07) is 14.9. The average molecular weight is 449 g/mol. The summed E-state index contributed by atoms with van der Waals surface area (Å²) in [5.74, 6) is 0.203. The first-order valence-electron chi connectivity index (χ1n) is 11.6. The highest BCUT2D eigenvalue weighted by Crippen LogP contribution is 2.36. The molecule has 1 fully saturated rings. The number of carbonyl (C=O) groups is 2. The van der Waals surface area contributed by atoms with E-state index in [0.717, 1.165) is 49.7 Å². The Labute approximate surface area is 195 Å². The summed E-state index contributed by atoms with van der Waals surface area (Å²) in [5.41, 5.74) is 3.29. The lowest BCUT2D eigenvalue weighted by molar-refractivity contribution is -0.120. The third-order valence-electron chi connectivity index (χ3n) is 6.27. The summed E-state index contributed by atoms with van der Waals surface area (Å²) < 4.78 is 5.56. The van der Waals surface area contributed by atoms with Gasteiger partial charge in [0.05, 0.1) is 17.9 Å². The smallest absolute Gasteiger partial charge is 0.282 e. The molecular weight excluding hydrogens is 416 g/mol. The second-order valence-electron chi connectivity index (χ2n) is 8.46. The van der Waals surface area contributed by atoms with Crippen LogP contribution in [0.15, 0.2) is 54.2 Å². The highest BCUT2D eigenvalue weighted by Gasteiger charge is 2.43.